The first-order valence-electron chi connectivity index (χ1n) is 6.14. The molecule has 0 saturated heterocycles. The molecule has 4 N–H and O–H groups in total. The minimum atomic E-state index is -0.694. The molecule has 0 bridgehead atoms. The molecule has 2 aromatic rings. The number of aromatic hydroxyl groups is 1. The van der Waals surface area contributed by atoms with Crippen LogP contribution in [0.2, 0.25) is 0 Å². The van der Waals surface area contributed by atoms with Gasteiger partial charge in [0.25, 0.3) is 0 Å². The van der Waals surface area contributed by atoms with Crippen molar-refractivity contribution in [1.82, 2.24) is 0 Å². The van der Waals surface area contributed by atoms with Crippen LogP contribution in [0.5, 0.6) is 5.75 Å². The van der Waals surface area contributed by atoms with Crippen LogP contribution in [0.15, 0.2) is 51.4 Å². The molecule has 0 aliphatic carbocycles. The summed E-state index contributed by atoms with van der Waals surface area (Å²) in [6.45, 7) is 0. The lowest BCUT2D eigenvalue weighted by Gasteiger charge is -2.20. The SMILES string of the molecule is N[C@H](c1cc(Br)c(O)c(Br)c1)[C@@H](O)Cc1ccccc1. The first-order chi connectivity index (χ1) is 9.49. The molecule has 2 atom stereocenters. The normalized spacial score (nSPS) is 14.0. The zero-order valence-corrected chi connectivity index (χ0v) is 13.8. The minimum Gasteiger partial charge on any atom is -0.506 e. The van der Waals surface area contributed by atoms with E-state index < -0.39 is 12.1 Å². The van der Waals surface area contributed by atoms with E-state index in [9.17, 15) is 10.2 Å². The van der Waals surface area contributed by atoms with Crippen LogP contribution >= 0.6 is 31.9 Å². The van der Waals surface area contributed by atoms with Crippen LogP contribution in [0, 0.1) is 0 Å². The molecule has 0 fully saturated rings. The maximum atomic E-state index is 10.3. The predicted octanol–water partition coefficient (Wildman–Crippen LogP) is 3.52. The fourth-order valence-electron chi connectivity index (χ4n) is 1.98. The Hall–Kier alpha value is -0.880. The van der Waals surface area contributed by atoms with E-state index in [1.807, 2.05) is 30.3 Å². The third-order valence-electron chi connectivity index (χ3n) is 3.13. The number of hydrogen-bond donors (Lipinski definition) is 3. The van der Waals surface area contributed by atoms with E-state index in [2.05, 4.69) is 31.9 Å². The maximum absolute atomic E-state index is 10.3. The second kappa shape index (κ2) is 6.72. The molecule has 2 rings (SSSR count). The Labute approximate surface area is 134 Å². The predicted molar refractivity (Wildman–Crippen MR) is 86.6 cm³/mol. The number of nitrogens with two attached hydrogens (primary N) is 1. The number of halogens is 2. The molecule has 0 unspecified atom stereocenters. The summed E-state index contributed by atoms with van der Waals surface area (Å²) in [4.78, 5) is 0. The lowest BCUT2D eigenvalue weighted by molar-refractivity contribution is 0.145. The molecule has 0 aromatic heterocycles. The van der Waals surface area contributed by atoms with Crippen LogP contribution < -0.4 is 5.73 Å². The third-order valence-corrected chi connectivity index (χ3v) is 4.34. The number of phenolic OH excluding ortho intramolecular Hbond substituents is 1. The van der Waals surface area contributed by atoms with E-state index >= 15 is 0 Å². The van der Waals surface area contributed by atoms with E-state index in [1.54, 1.807) is 12.1 Å². The van der Waals surface area contributed by atoms with E-state index in [-0.39, 0.29) is 5.75 Å². The fraction of sp³-hybridized carbons (Fsp3) is 0.200. The summed E-state index contributed by atoms with van der Waals surface area (Å²) in [5.74, 6) is 0.124. The summed E-state index contributed by atoms with van der Waals surface area (Å²) in [6.07, 6.45) is -0.210. The highest BCUT2D eigenvalue weighted by atomic mass is 79.9. The van der Waals surface area contributed by atoms with Gasteiger partial charge in [-0.15, -0.1) is 0 Å². The van der Waals surface area contributed by atoms with Crippen LogP contribution in [0.4, 0.5) is 0 Å². The second-order valence-electron chi connectivity index (χ2n) is 4.62. The van der Waals surface area contributed by atoms with Crippen LogP contribution in [0.25, 0.3) is 0 Å². The quantitative estimate of drug-likeness (QED) is 0.735. The van der Waals surface area contributed by atoms with Crippen LogP contribution in [0.3, 0.4) is 0 Å². The molecular formula is C15H15Br2NO2. The fourth-order valence-corrected chi connectivity index (χ4v) is 3.20. The lowest BCUT2D eigenvalue weighted by Crippen LogP contribution is -2.28. The summed E-state index contributed by atoms with van der Waals surface area (Å²) < 4.78 is 1.09. The molecule has 0 aliphatic heterocycles. The van der Waals surface area contributed by atoms with E-state index in [0.29, 0.717) is 15.4 Å². The van der Waals surface area contributed by atoms with Gasteiger partial charge in [-0.2, -0.15) is 0 Å². The molecule has 106 valence electrons. The standard InChI is InChI=1S/C15H15Br2NO2/c16-11-7-10(8-12(17)15(11)20)14(18)13(19)6-9-4-2-1-3-5-9/h1-5,7-8,13-14,19-20H,6,18H2/t13-,14+/m0/s1. The van der Waals surface area contributed by atoms with Crippen molar-refractivity contribution < 1.29 is 10.2 Å². The smallest absolute Gasteiger partial charge is 0.143 e. The zero-order valence-electron chi connectivity index (χ0n) is 10.6. The maximum Gasteiger partial charge on any atom is 0.143 e. The van der Waals surface area contributed by atoms with Gasteiger partial charge in [-0.05, 0) is 55.1 Å². The zero-order chi connectivity index (χ0) is 14.7. The molecule has 5 heteroatoms. The van der Waals surface area contributed by atoms with Crippen molar-refractivity contribution in [2.75, 3.05) is 0 Å². The van der Waals surface area contributed by atoms with Gasteiger partial charge in [0.15, 0.2) is 0 Å². The highest BCUT2D eigenvalue weighted by Gasteiger charge is 2.19. The van der Waals surface area contributed by atoms with Gasteiger partial charge >= 0.3 is 0 Å². The second-order valence-corrected chi connectivity index (χ2v) is 6.32. The Kier molecular flexibility index (Phi) is 5.21. The average molecular weight is 401 g/mol. The number of phenols is 1. The van der Waals surface area contributed by atoms with Crippen LogP contribution in [-0.2, 0) is 6.42 Å². The van der Waals surface area contributed by atoms with Crippen LogP contribution in [-0.4, -0.2) is 16.3 Å². The number of rotatable bonds is 4. The Morgan fingerprint density at radius 3 is 2.15 bits per heavy atom. The van der Waals surface area contributed by atoms with Crippen LogP contribution in [0.1, 0.15) is 17.2 Å². The number of aliphatic hydroxyl groups excluding tert-OH is 1. The average Bonchev–Trinajstić information content (AvgIpc) is 2.44. The summed E-state index contributed by atoms with van der Waals surface area (Å²) in [7, 11) is 0. The largest absolute Gasteiger partial charge is 0.506 e. The van der Waals surface area contributed by atoms with Gasteiger partial charge in [0.05, 0.1) is 21.1 Å². The van der Waals surface area contributed by atoms with Gasteiger partial charge < -0.3 is 15.9 Å². The Morgan fingerprint density at radius 1 is 1.05 bits per heavy atom. The van der Waals surface area contributed by atoms with Gasteiger partial charge in [-0.1, -0.05) is 30.3 Å². The van der Waals surface area contributed by atoms with E-state index in [0.717, 1.165) is 11.1 Å². The van der Waals surface area contributed by atoms with Gasteiger partial charge in [0, 0.05) is 6.42 Å². The van der Waals surface area contributed by atoms with Gasteiger partial charge in [0.1, 0.15) is 5.75 Å². The summed E-state index contributed by atoms with van der Waals surface area (Å²) in [6, 6.07) is 12.6. The van der Waals surface area contributed by atoms with Crippen molar-refractivity contribution >= 4 is 31.9 Å². The first-order valence-corrected chi connectivity index (χ1v) is 7.73. The Balaban J connectivity index is 2.16. The van der Waals surface area contributed by atoms with Crippen molar-refractivity contribution in [3.8, 4) is 5.75 Å². The molecule has 0 radical (unpaired) electrons. The highest BCUT2D eigenvalue weighted by Crippen LogP contribution is 2.35. The van der Waals surface area contributed by atoms with Crippen molar-refractivity contribution in [3.63, 3.8) is 0 Å². The minimum absolute atomic E-state index is 0.124. The molecule has 0 amide bonds. The summed E-state index contributed by atoms with van der Waals surface area (Å²) in [5, 5.41) is 19.9. The van der Waals surface area contributed by atoms with Gasteiger partial charge in [-0.25, -0.2) is 0 Å². The topological polar surface area (TPSA) is 66.5 Å². The van der Waals surface area contributed by atoms with Gasteiger partial charge in [-0.3, -0.25) is 0 Å². The van der Waals surface area contributed by atoms with E-state index in [1.165, 1.54) is 0 Å². The molecule has 20 heavy (non-hydrogen) atoms. The molecule has 2 aromatic carbocycles. The van der Waals surface area contributed by atoms with Crippen molar-refractivity contribution in [2.45, 2.75) is 18.6 Å². The third kappa shape index (κ3) is 3.61. The van der Waals surface area contributed by atoms with Crippen molar-refractivity contribution in [2.24, 2.45) is 5.73 Å². The lowest BCUT2D eigenvalue weighted by atomic mass is 9.97. The van der Waals surface area contributed by atoms with Gasteiger partial charge in [0.2, 0.25) is 0 Å². The van der Waals surface area contributed by atoms with E-state index in [4.69, 9.17) is 5.73 Å². The molecule has 3 nitrogen and oxygen atoms in total. The Bertz CT molecular complexity index is 567. The number of hydrogen-bond acceptors (Lipinski definition) is 3. The molecule has 0 heterocycles. The molecule has 0 saturated carbocycles. The summed E-state index contributed by atoms with van der Waals surface area (Å²) >= 11 is 6.53. The van der Waals surface area contributed by atoms with Crippen molar-refractivity contribution in [1.29, 1.82) is 0 Å². The number of aliphatic hydroxyl groups is 1. The Morgan fingerprint density at radius 2 is 1.60 bits per heavy atom. The molecular weight excluding hydrogens is 386 g/mol. The highest BCUT2D eigenvalue weighted by molar-refractivity contribution is 9.11. The molecule has 0 aliphatic rings. The summed E-state index contributed by atoms with van der Waals surface area (Å²) in [5.41, 5.74) is 7.89. The first kappa shape index (κ1) is 15.5. The van der Waals surface area contributed by atoms with Crippen molar-refractivity contribution in [3.05, 3.63) is 62.5 Å². The monoisotopic (exact) mass is 399 g/mol. The number of benzene rings is 2. The molecule has 0 spiro atoms.